The van der Waals surface area contributed by atoms with Crippen molar-refractivity contribution in [2.45, 2.75) is 79.6 Å². The van der Waals surface area contributed by atoms with Gasteiger partial charge < -0.3 is 0 Å². The molecule has 0 spiro atoms. The third-order valence-corrected chi connectivity index (χ3v) is 5.38. The van der Waals surface area contributed by atoms with Gasteiger partial charge in [0, 0.05) is 0 Å². The van der Waals surface area contributed by atoms with Crippen LogP contribution in [0.4, 0.5) is 0 Å². The summed E-state index contributed by atoms with van der Waals surface area (Å²) in [5.74, 6) is 0. The molecule has 0 radical (unpaired) electrons. The van der Waals surface area contributed by atoms with Gasteiger partial charge in [-0.1, -0.05) is 55.7 Å². The lowest BCUT2D eigenvalue weighted by atomic mass is 9.64. The Labute approximate surface area is 126 Å². The summed E-state index contributed by atoms with van der Waals surface area (Å²) < 4.78 is 0. The van der Waals surface area contributed by atoms with E-state index in [9.17, 15) is 0 Å². The first-order valence-electron chi connectivity index (χ1n) is 8.34. The summed E-state index contributed by atoms with van der Waals surface area (Å²) in [7, 11) is 0. The number of hydrogen-bond acceptors (Lipinski definition) is 0. The summed E-state index contributed by atoms with van der Waals surface area (Å²) in [5.41, 5.74) is 5.66. The molecule has 0 aliphatic heterocycles. The fraction of sp³-hybridized carbons (Fsp3) is 0.700. The van der Waals surface area contributed by atoms with E-state index in [-0.39, 0.29) is 0 Å². The summed E-state index contributed by atoms with van der Waals surface area (Å²) in [6.45, 7) is 11.9. The van der Waals surface area contributed by atoms with E-state index >= 15 is 0 Å². The van der Waals surface area contributed by atoms with Crippen LogP contribution in [-0.2, 0) is 0 Å². The second kappa shape index (κ2) is 5.92. The molecule has 0 unspecified atom stereocenters. The van der Waals surface area contributed by atoms with E-state index in [0.29, 0.717) is 10.8 Å². The van der Waals surface area contributed by atoms with Crippen LogP contribution in [0.3, 0.4) is 0 Å². The Morgan fingerprint density at radius 2 is 1.55 bits per heavy atom. The van der Waals surface area contributed by atoms with Gasteiger partial charge in [-0.2, -0.15) is 0 Å². The van der Waals surface area contributed by atoms with Gasteiger partial charge in [0.25, 0.3) is 0 Å². The SMILES string of the molecule is C/C1=C\C[C@@]2(C)CCC(C)(C)C=C2CC/C(C)=C/CC1. The predicted molar refractivity (Wildman–Crippen MR) is 89.8 cm³/mol. The molecule has 112 valence electrons. The van der Waals surface area contributed by atoms with Crippen LogP contribution in [0.5, 0.6) is 0 Å². The Morgan fingerprint density at radius 1 is 0.850 bits per heavy atom. The molecule has 0 nitrogen and oxygen atoms in total. The third-order valence-electron chi connectivity index (χ3n) is 5.38. The number of fused-ring (bicyclic) bond motifs is 1. The van der Waals surface area contributed by atoms with Gasteiger partial charge in [0.05, 0.1) is 0 Å². The fourth-order valence-electron chi connectivity index (χ4n) is 3.57. The van der Waals surface area contributed by atoms with Gasteiger partial charge in [-0.3, -0.25) is 0 Å². The second-order valence-corrected chi connectivity index (χ2v) is 8.06. The molecule has 0 saturated carbocycles. The quantitative estimate of drug-likeness (QED) is 0.436. The Kier molecular flexibility index (Phi) is 4.62. The van der Waals surface area contributed by atoms with Gasteiger partial charge in [-0.15, -0.1) is 0 Å². The highest BCUT2D eigenvalue weighted by molar-refractivity contribution is 5.24. The minimum atomic E-state index is 0.394. The van der Waals surface area contributed by atoms with Gasteiger partial charge in [0.15, 0.2) is 0 Å². The first-order chi connectivity index (χ1) is 9.31. The monoisotopic (exact) mass is 272 g/mol. The highest BCUT2D eigenvalue weighted by atomic mass is 14.4. The molecule has 20 heavy (non-hydrogen) atoms. The van der Waals surface area contributed by atoms with Crippen molar-refractivity contribution in [2.75, 3.05) is 0 Å². The fourth-order valence-corrected chi connectivity index (χ4v) is 3.57. The summed E-state index contributed by atoms with van der Waals surface area (Å²) in [6, 6.07) is 0. The van der Waals surface area contributed by atoms with Crippen molar-refractivity contribution in [3.05, 3.63) is 34.9 Å². The van der Waals surface area contributed by atoms with Crippen molar-refractivity contribution < 1.29 is 0 Å². The molecule has 0 heteroatoms. The lowest BCUT2D eigenvalue weighted by Gasteiger charge is -2.41. The topological polar surface area (TPSA) is 0 Å². The van der Waals surface area contributed by atoms with Crippen LogP contribution in [-0.4, -0.2) is 0 Å². The maximum atomic E-state index is 2.60. The molecule has 0 saturated heterocycles. The minimum absolute atomic E-state index is 0.394. The normalized spacial score (nSPS) is 36.5. The maximum absolute atomic E-state index is 2.60. The Bertz CT molecular complexity index is 445. The van der Waals surface area contributed by atoms with Crippen LogP contribution in [0.2, 0.25) is 0 Å². The Hall–Kier alpha value is -0.780. The van der Waals surface area contributed by atoms with Crippen LogP contribution < -0.4 is 0 Å². The Morgan fingerprint density at radius 3 is 2.30 bits per heavy atom. The van der Waals surface area contributed by atoms with Crippen LogP contribution >= 0.6 is 0 Å². The zero-order chi connectivity index (χ0) is 14.8. The number of hydrogen-bond donors (Lipinski definition) is 0. The summed E-state index contributed by atoms with van der Waals surface area (Å²) in [4.78, 5) is 0. The third kappa shape index (κ3) is 3.87. The first-order valence-corrected chi connectivity index (χ1v) is 8.34. The average Bonchev–Trinajstić information content (AvgIpc) is 2.39. The zero-order valence-corrected chi connectivity index (χ0v) is 14.2. The van der Waals surface area contributed by atoms with E-state index in [2.05, 4.69) is 52.8 Å². The lowest BCUT2D eigenvalue weighted by Crippen LogP contribution is -2.28. The van der Waals surface area contributed by atoms with Crippen molar-refractivity contribution in [3.8, 4) is 0 Å². The summed E-state index contributed by atoms with van der Waals surface area (Å²) in [6.07, 6.45) is 16.4. The molecule has 0 heterocycles. The van der Waals surface area contributed by atoms with Gasteiger partial charge >= 0.3 is 0 Å². The van der Waals surface area contributed by atoms with Crippen LogP contribution in [0.15, 0.2) is 34.9 Å². The van der Waals surface area contributed by atoms with Gasteiger partial charge in [-0.25, -0.2) is 0 Å². The molecule has 0 bridgehead atoms. The molecule has 0 aromatic heterocycles. The van der Waals surface area contributed by atoms with E-state index in [4.69, 9.17) is 0 Å². The van der Waals surface area contributed by atoms with Crippen LogP contribution in [0.1, 0.15) is 79.6 Å². The highest BCUT2D eigenvalue weighted by Crippen LogP contribution is 2.48. The van der Waals surface area contributed by atoms with Crippen LogP contribution in [0, 0.1) is 10.8 Å². The minimum Gasteiger partial charge on any atom is -0.0853 e. The van der Waals surface area contributed by atoms with Crippen molar-refractivity contribution in [2.24, 2.45) is 10.8 Å². The van der Waals surface area contributed by atoms with Gasteiger partial charge in [0.2, 0.25) is 0 Å². The van der Waals surface area contributed by atoms with E-state index < -0.39 is 0 Å². The van der Waals surface area contributed by atoms with Gasteiger partial charge in [0.1, 0.15) is 0 Å². The molecule has 0 fully saturated rings. The van der Waals surface area contributed by atoms with Crippen molar-refractivity contribution in [1.82, 2.24) is 0 Å². The molecule has 2 rings (SSSR count). The molecule has 2 aliphatic carbocycles. The molecule has 0 N–H and O–H groups in total. The van der Waals surface area contributed by atoms with Crippen molar-refractivity contribution in [3.63, 3.8) is 0 Å². The van der Waals surface area contributed by atoms with Crippen molar-refractivity contribution in [1.29, 1.82) is 0 Å². The largest absolute Gasteiger partial charge is 0.0853 e. The molecule has 1 atom stereocenters. The standard InChI is InChI=1S/C20H32/c1-16-7-6-8-17(2)11-12-20(5)14-13-19(3,4)15-18(20)10-9-16/h7,11,15H,6,8-10,12-14H2,1-5H3/b16-7+,17-11+/t20-/m0/s1. The predicted octanol–water partition coefficient (Wildman–Crippen LogP) is 6.60. The molecule has 0 aromatic rings. The first kappa shape index (κ1) is 15.6. The summed E-state index contributed by atoms with van der Waals surface area (Å²) in [5, 5.41) is 0. The Balaban J connectivity index is 2.32. The van der Waals surface area contributed by atoms with Crippen molar-refractivity contribution >= 4 is 0 Å². The molecule has 0 aromatic carbocycles. The number of allylic oxidation sites excluding steroid dienone is 6. The maximum Gasteiger partial charge on any atom is -0.00812 e. The smallest absolute Gasteiger partial charge is 0.00812 e. The molecular formula is C20H32. The van der Waals surface area contributed by atoms with E-state index in [1.54, 1.807) is 16.7 Å². The van der Waals surface area contributed by atoms with E-state index in [1.165, 1.54) is 44.9 Å². The zero-order valence-electron chi connectivity index (χ0n) is 14.2. The van der Waals surface area contributed by atoms with E-state index in [0.717, 1.165) is 0 Å². The average molecular weight is 272 g/mol. The van der Waals surface area contributed by atoms with Gasteiger partial charge in [-0.05, 0) is 69.6 Å². The second-order valence-electron chi connectivity index (χ2n) is 8.06. The van der Waals surface area contributed by atoms with Crippen LogP contribution in [0.25, 0.3) is 0 Å². The highest BCUT2D eigenvalue weighted by Gasteiger charge is 2.35. The lowest BCUT2D eigenvalue weighted by molar-refractivity contribution is 0.254. The molecule has 0 amide bonds. The molecule has 2 aliphatic rings. The number of rotatable bonds is 0. The molecular weight excluding hydrogens is 240 g/mol. The van der Waals surface area contributed by atoms with E-state index in [1.807, 2.05) is 0 Å². The summed E-state index contributed by atoms with van der Waals surface area (Å²) >= 11 is 0.